The number of para-hydroxylation sites is 2. The fraction of sp³-hybridized carbons (Fsp3) is 0.333. The summed E-state index contributed by atoms with van der Waals surface area (Å²) >= 11 is 0. The number of carbonyl (C=O) groups is 1. The van der Waals surface area contributed by atoms with E-state index in [2.05, 4.69) is 55.8 Å². The number of fused-ring (bicyclic) bond motifs is 1. The molecule has 0 unspecified atom stereocenters. The Morgan fingerprint density at radius 3 is 2.50 bits per heavy atom. The molecular formula is C21H24N4O. The lowest BCUT2D eigenvalue weighted by atomic mass is 10.0. The van der Waals surface area contributed by atoms with E-state index >= 15 is 0 Å². The first-order valence-electron chi connectivity index (χ1n) is 9.21. The number of H-pyrrole nitrogens is 1. The largest absolute Gasteiger partial charge is 0.324 e. The van der Waals surface area contributed by atoms with E-state index in [1.54, 1.807) is 0 Å². The smallest absolute Gasteiger partial charge is 0.245 e. The van der Waals surface area contributed by atoms with Crippen LogP contribution < -0.4 is 5.62 Å². The van der Waals surface area contributed by atoms with Crippen molar-refractivity contribution in [2.75, 3.05) is 13.1 Å². The van der Waals surface area contributed by atoms with Gasteiger partial charge in [-0.2, -0.15) is 4.99 Å². The number of likely N-dealkylation sites (tertiary alicyclic amines) is 1. The third-order valence-electron chi connectivity index (χ3n) is 5.07. The monoisotopic (exact) mass is 348 g/mol. The van der Waals surface area contributed by atoms with Gasteiger partial charge >= 0.3 is 0 Å². The quantitative estimate of drug-likeness (QED) is 0.790. The highest BCUT2D eigenvalue weighted by molar-refractivity contribution is 5.77. The molecule has 0 saturated carbocycles. The van der Waals surface area contributed by atoms with Crippen LogP contribution in [0.1, 0.15) is 31.4 Å². The molecule has 0 aliphatic carbocycles. The van der Waals surface area contributed by atoms with Crippen molar-refractivity contribution in [2.45, 2.75) is 32.4 Å². The molecule has 5 heteroatoms. The summed E-state index contributed by atoms with van der Waals surface area (Å²) in [6.45, 7) is 4.59. The van der Waals surface area contributed by atoms with Gasteiger partial charge in [0, 0.05) is 32.6 Å². The first-order chi connectivity index (χ1) is 12.7. The van der Waals surface area contributed by atoms with Gasteiger partial charge in [-0.05, 0) is 30.5 Å². The van der Waals surface area contributed by atoms with Gasteiger partial charge in [0.2, 0.25) is 11.5 Å². The Balaban J connectivity index is 1.57. The standard InChI is InChI=1S/C21H24N4O/c1-16(26)22-21-23-19-9-5-6-10-20(19)25(21)18-11-13-24(14-12-18)15-17-7-3-2-4-8-17/h2-10,18H,11-15H2,1H3,(H,22,23,26). The first kappa shape index (κ1) is 16.8. The fourth-order valence-corrected chi connectivity index (χ4v) is 3.86. The van der Waals surface area contributed by atoms with E-state index in [0.29, 0.717) is 11.7 Å². The van der Waals surface area contributed by atoms with Crippen LogP contribution in [0.15, 0.2) is 59.6 Å². The Kier molecular flexibility index (Phi) is 4.71. The van der Waals surface area contributed by atoms with E-state index in [1.165, 1.54) is 12.5 Å². The molecule has 1 fully saturated rings. The molecule has 2 heterocycles. The maximum Gasteiger partial charge on any atom is 0.245 e. The number of hydrogen-bond donors (Lipinski definition) is 1. The van der Waals surface area contributed by atoms with Gasteiger partial charge in [-0.15, -0.1) is 0 Å². The summed E-state index contributed by atoms with van der Waals surface area (Å²) in [4.78, 5) is 21.6. The lowest BCUT2D eigenvalue weighted by Gasteiger charge is -2.32. The van der Waals surface area contributed by atoms with Gasteiger partial charge in [0.1, 0.15) is 0 Å². The van der Waals surface area contributed by atoms with Crippen LogP contribution in [0.4, 0.5) is 0 Å². The summed E-state index contributed by atoms with van der Waals surface area (Å²) in [7, 11) is 0. The summed E-state index contributed by atoms with van der Waals surface area (Å²) in [6, 6.07) is 19.2. The molecule has 2 aromatic carbocycles. The topological polar surface area (TPSA) is 53.4 Å². The highest BCUT2D eigenvalue weighted by Gasteiger charge is 2.23. The zero-order valence-electron chi connectivity index (χ0n) is 15.1. The molecule has 26 heavy (non-hydrogen) atoms. The molecular weight excluding hydrogens is 324 g/mol. The summed E-state index contributed by atoms with van der Waals surface area (Å²) in [6.07, 6.45) is 2.11. The van der Waals surface area contributed by atoms with Crippen molar-refractivity contribution in [3.8, 4) is 0 Å². The number of benzene rings is 2. The van der Waals surface area contributed by atoms with Crippen molar-refractivity contribution in [2.24, 2.45) is 4.99 Å². The van der Waals surface area contributed by atoms with Crippen LogP contribution in [0.3, 0.4) is 0 Å². The Hall–Kier alpha value is -2.66. The molecule has 4 rings (SSSR count). The molecule has 0 atom stereocenters. The number of nitrogens with one attached hydrogen (secondary N) is 1. The molecule has 0 bridgehead atoms. The van der Waals surface area contributed by atoms with E-state index in [0.717, 1.165) is 43.5 Å². The third-order valence-corrected chi connectivity index (χ3v) is 5.07. The SMILES string of the molecule is CC(=O)/N=c1\[nH]c2ccccc2n1C1CCN(Cc2ccccc2)CC1. The lowest BCUT2D eigenvalue weighted by Crippen LogP contribution is -2.37. The highest BCUT2D eigenvalue weighted by Crippen LogP contribution is 2.25. The molecule has 0 spiro atoms. The van der Waals surface area contributed by atoms with Crippen LogP contribution >= 0.6 is 0 Å². The number of piperidine rings is 1. The minimum Gasteiger partial charge on any atom is -0.324 e. The highest BCUT2D eigenvalue weighted by atomic mass is 16.1. The van der Waals surface area contributed by atoms with E-state index in [4.69, 9.17) is 0 Å². The molecule has 1 saturated heterocycles. The maximum absolute atomic E-state index is 11.6. The normalized spacial score (nSPS) is 17.0. The molecule has 3 aromatic rings. The Bertz CT molecular complexity index is 962. The minimum atomic E-state index is -0.174. The summed E-state index contributed by atoms with van der Waals surface area (Å²) in [5, 5.41) is 0. The molecule has 1 aromatic heterocycles. The molecule has 5 nitrogen and oxygen atoms in total. The summed E-state index contributed by atoms with van der Waals surface area (Å²) in [5.74, 6) is -0.174. The van der Waals surface area contributed by atoms with Gasteiger partial charge in [-0.1, -0.05) is 42.5 Å². The number of imidazole rings is 1. The van der Waals surface area contributed by atoms with Crippen LogP contribution in [-0.4, -0.2) is 33.4 Å². The molecule has 1 N–H and O–H groups in total. The number of aromatic amines is 1. The predicted molar refractivity (Wildman–Crippen MR) is 103 cm³/mol. The van der Waals surface area contributed by atoms with Crippen LogP contribution in [0.2, 0.25) is 0 Å². The molecule has 0 radical (unpaired) electrons. The molecule has 134 valence electrons. The summed E-state index contributed by atoms with van der Waals surface area (Å²) < 4.78 is 2.22. The Labute approximate surface area is 153 Å². The third kappa shape index (κ3) is 3.48. The van der Waals surface area contributed by atoms with Gasteiger partial charge < -0.3 is 9.55 Å². The average Bonchev–Trinajstić information content (AvgIpc) is 3.00. The van der Waals surface area contributed by atoms with Crippen LogP contribution in [0.5, 0.6) is 0 Å². The van der Waals surface area contributed by atoms with Gasteiger partial charge in [0.15, 0.2) is 0 Å². The number of nitrogens with zero attached hydrogens (tertiary/aromatic N) is 3. The second kappa shape index (κ2) is 7.30. The first-order valence-corrected chi connectivity index (χ1v) is 9.21. The number of hydrogen-bond acceptors (Lipinski definition) is 2. The van der Waals surface area contributed by atoms with Crippen molar-refractivity contribution in [1.29, 1.82) is 0 Å². The fourth-order valence-electron chi connectivity index (χ4n) is 3.86. The average molecular weight is 348 g/mol. The minimum absolute atomic E-state index is 0.174. The van der Waals surface area contributed by atoms with Gasteiger partial charge in [0.25, 0.3) is 0 Å². The Morgan fingerprint density at radius 2 is 1.77 bits per heavy atom. The molecule has 1 aliphatic rings. The van der Waals surface area contributed by atoms with E-state index in [1.807, 2.05) is 18.2 Å². The van der Waals surface area contributed by atoms with Gasteiger partial charge in [-0.25, -0.2) is 0 Å². The number of aromatic nitrogens is 2. The van der Waals surface area contributed by atoms with Gasteiger partial charge in [0.05, 0.1) is 11.0 Å². The molecule has 1 amide bonds. The van der Waals surface area contributed by atoms with Crippen molar-refractivity contribution in [1.82, 2.24) is 14.5 Å². The van der Waals surface area contributed by atoms with Crippen molar-refractivity contribution < 1.29 is 4.79 Å². The Morgan fingerprint density at radius 1 is 1.08 bits per heavy atom. The maximum atomic E-state index is 11.6. The zero-order valence-corrected chi connectivity index (χ0v) is 15.1. The zero-order chi connectivity index (χ0) is 17.9. The number of rotatable bonds is 3. The van der Waals surface area contributed by atoms with Crippen LogP contribution in [0, 0.1) is 0 Å². The van der Waals surface area contributed by atoms with Crippen molar-refractivity contribution >= 4 is 16.9 Å². The van der Waals surface area contributed by atoms with Crippen molar-refractivity contribution in [3.05, 3.63) is 65.8 Å². The molecule has 1 aliphatic heterocycles. The van der Waals surface area contributed by atoms with Crippen LogP contribution in [0.25, 0.3) is 11.0 Å². The van der Waals surface area contributed by atoms with Crippen molar-refractivity contribution in [3.63, 3.8) is 0 Å². The second-order valence-electron chi connectivity index (χ2n) is 6.96. The lowest BCUT2D eigenvalue weighted by molar-refractivity contribution is -0.116. The number of amides is 1. The number of carbonyl (C=O) groups excluding carboxylic acids is 1. The second-order valence-corrected chi connectivity index (χ2v) is 6.96. The van der Waals surface area contributed by atoms with E-state index < -0.39 is 0 Å². The predicted octanol–water partition coefficient (Wildman–Crippen LogP) is 3.25. The van der Waals surface area contributed by atoms with E-state index in [9.17, 15) is 4.79 Å². The van der Waals surface area contributed by atoms with Gasteiger partial charge in [-0.3, -0.25) is 9.69 Å². The van der Waals surface area contributed by atoms with Crippen LogP contribution in [-0.2, 0) is 11.3 Å². The van der Waals surface area contributed by atoms with E-state index in [-0.39, 0.29) is 5.91 Å². The summed E-state index contributed by atoms with van der Waals surface area (Å²) in [5.41, 5.74) is 4.17.